The summed E-state index contributed by atoms with van der Waals surface area (Å²) in [5.41, 5.74) is 0. The zero-order chi connectivity index (χ0) is 3.58. The molecule has 0 saturated carbocycles. The van der Waals surface area contributed by atoms with Gasteiger partial charge in [-0.25, -0.2) is 0 Å². The third-order valence-electron chi connectivity index (χ3n) is 0. The first-order chi connectivity index (χ1) is 1.73. The van der Waals surface area contributed by atoms with E-state index in [9.17, 15) is 0 Å². The molecule has 4 N–H and O–H groups in total. The van der Waals surface area contributed by atoms with E-state index in [1.54, 1.807) is 0 Å². The van der Waals surface area contributed by atoms with Crippen LogP contribution in [-0.2, 0) is 31.8 Å². The fourth-order valence-electron chi connectivity index (χ4n) is 0. The van der Waals surface area contributed by atoms with Crippen molar-refractivity contribution in [3.8, 4) is 0 Å². The summed E-state index contributed by atoms with van der Waals surface area (Å²) in [7, 11) is 0. The molecule has 0 aromatic carbocycles. The third kappa shape index (κ3) is 133. The quantitative estimate of drug-likeness (QED) is 0.420. The number of rotatable bonds is 0. The van der Waals surface area contributed by atoms with Crippen molar-refractivity contribution in [2.45, 2.75) is 0 Å². The van der Waals surface area contributed by atoms with E-state index in [-0.39, 0.29) is 26.6 Å². The molecular formula is H4NO3PdS. The maximum atomic E-state index is 8.44. The SMILES string of the molecule is O=S([O-])[O-].[NH4+].[Pd+]. The molecule has 43 valence electrons. The Balaban J connectivity index is -0.0000000450. The molecule has 0 bridgehead atoms. The Labute approximate surface area is 51.7 Å². The number of quaternary nitrogens is 1. The first-order valence-corrected chi connectivity index (χ1v) is 1.50. The molecule has 0 aliphatic rings. The van der Waals surface area contributed by atoms with Crippen LogP contribution >= 0.6 is 0 Å². The van der Waals surface area contributed by atoms with Gasteiger partial charge in [-0.3, -0.25) is 4.21 Å². The fourth-order valence-corrected chi connectivity index (χ4v) is 0. The van der Waals surface area contributed by atoms with Crippen molar-refractivity contribution < 1.29 is 33.7 Å². The molecule has 0 fully saturated rings. The molecule has 0 atom stereocenters. The molecule has 0 rings (SSSR count). The second kappa shape index (κ2) is 9.19. The largest absolute Gasteiger partial charge is 1.00 e. The van der Waals surface area contributed by atoms with E-state index in [1.165, 1.54) is 0 Å². The molecule has 1 radical (unpaired) electrons. The van der Waals surface area contributed by atoms with Crippen molar-refractivity contribution in [2.75, 3.05) is 0 Å². The van der Waals surface area contributed by atoms with E-state index in [4.69, 9.17) is 13.3 Å². The molecule has 0 aliphatic carbocycles. The summed E-state index contributed by atoms with van der Waals surface area (Å²) < 4.78 is 25.3. The smallest absolute Gasteiger partial charge is 0.784 e. The van der Waals surface area contributed by atoms with Crippen LogP contribution in [0.3, 0.4) is 0 Å². The van der Waals surface area contributed by atoms with E-state index in [0.717, 1.165) is 0 Å². The van der Waals surface area contributed by atoms with Crippen LogP contribution in [0, 0.1) is 0 Å². The van der Waals surface area contributed by atoms with Crippen LogP contribution in [0.5, 0.6) is 0 Å². The molecule has 0 aromatic heterocycles. The summed E-state index contributed by atoms with van der Waals surface area (Å²) in [6, 6.07) is 0. The van der Waals surface area contributed by atoms with Crippen LogP contribution in [-0.4, -0.2) is 13.3 Å². The Morgan fingerprint density at radius 3 is 1.33 bits per heavy atom. The topological polar surface area (TPSA) is 99.7 Å². The Morgan fingerprint density at radius 2 is 1.33 bits per heavy atom. The monoisotopic (exact) mass is 204 g/mol. The van der Waals surface area contributed by atoms with Crippen molar-refractivity contribution in [3.63, 3.8) is 0 Å². The van der Waals surface area contributed by atoms with Crippen molar-refractivity contribution in [3.05, 3.63) is 0 Å². The molecule has 6 heavy (non-hydrogen) atoms. The van der Waals surface area contributed by atoms with Gasteiger partial charge in [0.1, 0.15) is 0 Å². The minimum atomic E-state index is -3.11. The maximum Gasteiger partial charge on any atom is 1.00 e. The molecule has 0 spiro atoms. The Kier molecular flexibility index (Phi) is 24.4. The average Bonchev–Trinajstić information content (AvgIpc) is 0.811. The molecule has 0 amide bonds. The Hall–Kier alpha value is 0.692. The van der Waals surface area contributed by atoms with Crippen molar-refractivity contribution >= 4 is 11.4 Å². The standard InChI is InChI=1S/H3N.H2O3S.Pd/c;1-4(2)3;/h1H3;(H2,1,2,3);/q;;+1/p-1. The van der Waals surface area contributed by atoms with Gasteiger partial charge in [-0.15, -0.1) is 11.4 Å². The zero-order valence-electron chi connectivity index (χ0n) is 2.95. The Bertz CT molecular complexity index is 33.8. The molecule has 0 aliphatic heterocycles. The fraction of sp³-hybridized carbons (Fsp3) is 0. The van der Waals surface area contributed by atoms with Gasteiger partial charge in [0.2, 0.25) is 0 Å². The van der Waals surface area contributed by atoms with Gasteiger partial charge < -0.3 is 15.3 Å². The molecular weight excluding hydrogens is 200 g/mol. The summed E-state index contributed by atoms with van der Waals surface area (Å²) >= 11 is -3.11. The zero-order valence-corrected chi connectivity index (χ0v) is 5.32. The summed E-state index contributed by atoms with van der Waals surface area (Å²) in [6.45, 7) is 0. The van der Waals surface area contributed by atoms with E-state index >= 15 is 0 Å². The molecule has 6 heteroatoms. The summed E-state index contributed by atoms with van der Waals surface area (Å²) in [5, 5.41) is 0. The molecule has 0 unspecified atom stereocenters. The van der Waals surface area contributed by atoms with E-state index in [0.29, 0.717) is 0 Å². The van der Waals surface area contributed by atoms with Crippen LogP contribution in [0.1, 0.15) is 0 Å². The van der Waals surface area contributed by atoms with E-state index < -0.39 is 11.4 Å². The predicted octanol–water partition coefficient (Wildman–Crippen LogP) is -0.630. The minimum absolute atomic E-state index is 0. The van der Waals surface area contributed by atoms with Gasteiger partial charge in [0.15, 0.2) is 0 Å². The van der Waals surface area contributed by atoms with Crippen LogP contribution in [0.25, 0.3) is 0 Å². The molecule has 0 saturated heterocycles. The second-order valence-corrected chi connectivity index (χ2v) is 0.612. The normalized spacial score (nSPS) is 5.83. The Morgan fingerprint density at radius 1 is 1.33 bits per heavy atom. The number of hydrogen-bond donors (Lipinski definition) is 1. The molecule has 0 heterocycles. The van der Waals surface area contributed by atoms with E-state index in [1.807, 2.05) is 0 Å². The molecule has 4 nitrogen and oxygen atoms in total. The van der Waals surface area contributed by atoms with Crippen LogP contribution in [0.2, 0.25) is 0 Å². The third-order valence-corrected chi connectivity index (χ3v) is 0. The first-order valence-electron chi connectivity index (χ1n) is 0.500. The molecule has 0 aromatic rings. The summed E-state index contributed by atoms with van der Waals surface area (Å²) in [4.78, 5) is 0. The van der Waals surface area contributed by atoms with Crippen molar-refractivity contribution in [2.24, 2.45) is 0 Å². The van der Waals surface area contributed by atoms with Gasteiger partial charge in [-0.2, -0.15) is 0 Å². The predicted molar refractivity (Wildman–Crippen MR) is 15.7 cm³/mol. The van der Waals surface area contributed by atoms with Gasteiger partial charge in [0, 0.05) is 0 Å². The van der Waals surface area contributed by atoms with Crippen molar-refractivity contribution in [1.29, 1.82) is 0 Å². The van der Waals surface area contributed by atoms with Crippen LogP contribution < -0.4 is 6.15 Å². The van der Waals surface area contributed by atoms with Gasteiger partial charge >= 0.3 is 20.4 Å². The summed E-state index contributed by atoms with van der Waals surface area (Å²) in [5.74, 6) is 0. The van der Waals surface area contributed by atoms with Gasteiger partial charge in [-0.1, -0.05) is 0 Å². The maximum absolute atomic E-state index is 8.44. The second-order valence-electron chi connectivity index (χ2n) is 0.204. The summed E-state index contributed by atoms with van der Waals surface area (Å²) in [6.07, 6.45) is 0. The van der Waals surface area contributed by atoms with Crippen LogP contribution in [0.4, 0.5) is 0 Å². The van der Waals surface area contributed by atoms with Gasteiger partial charge in [0.25, 0.3) is 0 Å². The van der Waals surface area contributed by atoms with Gasteiger partial charge in [0.05, 0.1) is 0 Å². The van der Waals surface area contributed by atoms with Gasteiger partial charge in [-0.05, 0) is 0 Å². The minimum Gasteiger partial charge on any atom is -0.784 e. The average molecular weight is 205 g/mol. The van der Waals surface area contributed by atoms with Crippen molar-refractivity contribution in [1.82, 2.24) is 6.15 Å². The van der Waals surface area contributed by atoms with E-state index in [2.05, 4.69) is 0 Å². The first kappa shape index (κ1) is 15.9. The number of hydrogen-bond acceptors (Lipinski definition) is 3. The van der Waals surface area contributed by atoms with Crippen LogP contribution in [0.15, 0.2) is 0 Å².